The Labute approximate surface area is 115 Å². The van der Waals surface area contributed by atoms with E-state index in [1.54, 1.807) is 0 Å². The number of hydrogen-bond donors (Lipinski definition) is 1. The molecule has 2 rings (SSSR count). The summed E-state index contributed by atoms with van der Waals surface area (Å²) in [6.45, 7) is 10.2. The maximum Gasteiger partial charge on any atom is 0.185 e. The average Bonchev–Trinajstić information content (AvgIpc) is 2.76. The highest BCUT2D eigenvalue weighted by Crippen LogP contribution is 2.31. The normalized spacial score (nSPS) is 24.6. The maximum atomic E-state index is 4.83. The van der Waals surface area contributed by atoms with Gasteiger partial charge in [-0.05, 0) is 31.7 Å². The van der Waals surface area contributed by atoms with E-state index in [0.29, 0.717) is 0 Å². The number of anilines is 1. The summed E-state index contributed by atoms with van der Waals surface area (Å²) >= 11 is 1.87. The summed E-state index contributed by atoms with van der Waals surface area (Å²) in [6, 6.07) is 0. The van der Waals surface area contributed by atoms with Crippen molar-refractivity contribution in [3.63, 3.8) is 0 Å². The zero-order valence-electron chi connectivity index (χ0n) is 12.0. The van der Waals surface area contributed by atoms with Gasteiger partial charge in [-0.15, -0.1) is 11.3 Å². The molecule has 0 aliphatic carbocycles. The van der Waals surface area contributed by atoms with Gasteiger partial charge in [0, 0.05) is 24.5 Å². The topological polar surface area (TPSA) is 28.2 Å². The fourth-order valence-corrected chi connectivity index (χ4v) is 3.71. The molecule has 3 nitrogen and oxygen atoms in total. The van der Waals surface area contributed by atoms with Gasteiger partial charge < -0.3 is 10.2 Å². The van der Waals surface area contributed by atoms with Gasteiger partial charge >= 0.3 is 0 Å². The molecule has 1 aromatic heterocycles. The number of rotatable bonds is 4. The summed E-state index contributed by atoms with van der Waals surface area (Å²) in [6.07, 6.45) is 2.33. The van der Waals surface area contributed by atoms with Gasteiger partial charge in [0.15, 0.2) is 5.13 Å². The molecular formula is C14H25N3S. The average molecular weight is 267 g/mol. The van der Waals surface area contributed by atoms with E-state index in [2.05, 4.69) is 31.0 Å². The summed E-state index contributed by atoms with van der Waals surface area (Å²) < 4.78 is 0. The minimum absolute atomic E-state index is 0.778. The van der Waals surface area contributed by atoms with Gasteiger partial charge in [-0.1, -0.05) is 20.8 Å². The monoisotopic (exact) mass is 267 g/mol. The molecule has 0 aromatic carbocycles. The van der Waals surface area contributed by atoms with Crippen LogP contribution in [0.4, 0.5) is 5.13 Å². The fraction of sp³-hybridized carbons (Fsp3) is 0.786. The molecule has 2 atom stereocenters. The fourth-order valence-electron chi connectivity index (χ4n) is 2.52. The Balaban J connectivity index is 2.13. The summed E-state index contributed by atoms with van der Waals surface area (Å²) in [4.78, 5) is 8.72. The van der Waals surface area contributed by atoms with Crippen molar-refractivity contribution in [2.24, 2.45) is 11.8 Å². The van der Waals surface area contributed by atoms with Crippen LogP contribution < -0.4 is 10.2 Å². The van der Waals surface area contributed by atoms with Crippen LogP contribution in [0.1, 0.15) is 37.8 Å². The number of nitrogens with zero attached hydrogens (tertiary/aromatic N) is 2. The SMILES string of the molecule is CCc1nc(N2CCC(C)C(C)C2)sc1CNC. The van der Waals surface area contributed by atoms with Crippen LogP contribution in [0.3, 0.4) is 0 Å². The molecule has 1 saturated heterocycles. The van der Waals surface area contributed by atoms with E-state index in [1.165, 1.54) is 28.7 Å². The van der Waals surface area contributed by atoms with Crippen molar-refractivity contribution in [2.75, 3.05) is 25.0 Å². The predicted molar refractivity (Wildman–Crippen MR) is 79.4 cm³/mol. The Hall–Kier alpha value is -0.610. The smallest absolute Gasteiger partial charge is 0.185 e. The Morgan fingerprint density at radius 3 is 2.78 bits per heavy atom. The molecule has 18 heavy (non-hydrogen) atoms. The molecule has 0 amide bonds. The van der Waals surface area contributed by atoms with Gasteiger partial charge in [0.1, 0.15) is 0 Å². The van der Waals surface area contributed by atoms with Crippen LogP contribution in [0.25, 0.3) is 0 Å². The lowest BCUT2D eigenvalue weighted by Gasteiger charge is -2.35. The first kappa shape index (κ1) is 13.8. The lowest BCUT2D eigenvalue weighted by molar-refractivity contribution is 0.323. The zero-order valence-corrected chi connectivity index (χ0v) is 12.8. The van der Waals surface area contributed by atoms with Gasteiger partial charge in [-0.3, -0.25) is 0 Å². The molecule has 0 bridgehead atoms. The first-order valence-electron chi connectivity index (χ1n) is 7.03. The molecule has 2 unspecified atom stereocenters. The van der Waals surface area contributed by atoms with E-state index in [0.717, 1.165) is 31.3 Å². The Bertz CT molecular complexity index is 388. The zero-order chi connectivity index (χ0) is 13.1. The van der Waals surface area contributed by atoms with Crippen LogP contribution in [0, 0.1) is 11.8 Å². The molecule has 0 radical (unpaired) electrons. The van der Waals surface area contributed by atoms with Gasteiger partial charge in [0.2, 0.25) is 0 Å². The van der Waals surface area contributed by atoms with E-state index < -0.39 is 0 Å². The highest BCUT2D eigenvalue weighted by Gasteiger charge is 2.25. The van der Waals surface area contributed by atoms with E-state index >= 15 is 0 Å². The molecular weight excluding hydrogens is 242 g/mol. The highest BCUT2D eigenvalue weighted by atomic mass is 32.1. The second-order valence-electron chi connectivity index (χ2n) is 5.44. The number of hydrogen-bond acceptors (Lipinski definition) is 4. The first-order valence-corrected chi connectivity index (χ1v) is 7.85. The molecule has 1 aliphatic heterocycles. The first-order chi connectivity index (χ1) is 8.65. The molecule has 4 heteroatoms. The predicted octanol–water partition coefficient (Wildman–Crippen LogP) is 2.91. The Morgan fingerprint density at radius 2 is 2.17 bits per heavy atom. The second kappa shape index (κ2) is 6.02. The quantitative estimate of drug-likeness (QED) is 0.909. The summed E-state index contributed by atoms with van der Waals surface area (Å²) in [7, 11) is 2.00. The summed E-state index contributed by atoms with van der Waals surface area (Å²) in [5.74, 6) is 1.63. The van der Waals surface area contributed by atoms with Gasteiger partial charge in [-0.25, -0.2) is 4.98 Å². The lowest BCUT2D eigenvalue weighted by atomic mass is 9.89. The molecule has 0 saturated carbocycles. The molecule has 2 heterocycles. The minimum Gasteiger partial charge on any atom is -0.348 e. The third-order valence-corrected chi connectivity index (χ3v) is 5.20. The largest absolute Gasteiger partial charge is 0.348 e. The van der Waals surface area contributed by atoms with Crippen LogP contribution in [-0.2, 0) is 13.0 Å². The van der Waals surface area contributed by atoms with Gasteiger partial charge in [-0.2, -0.15) is 0 Å². The molecule has 102 valence electrons. The van der Waals surface area contributed by atoms with Crippen molar-refractivity contribution in [3.8, 4) is 0 Å². The van der Waals surface area contributed by atoms with Crippen molar-refractivity contribution < 1.29 is 0 Å². The van der Waals surface area contributed by atoms with E-state index in [1.807, 2.05) is 18.4 Å². The number of piperidine rings is 1. The van der Waals surface area contributed by atoms with Crippen LogP contribution in [0.15, 0.2) is 0 Å². The van der Waals surface area contributed by atoms with Crippen molar-refractivity contribution in [2.45, 2.75) is 40.2 Å². The highest BCUT2D eigenvalue weighted by molar-refractivity contribution is 7.15. The number of nitrogens with one attached hydrogen (secondary N) is 1. The van der Waals surface area contributed by atoms with Crippen LogP contribution in [0.2, 0.25) is 0 Å². The Morgan fingerprint density at radius 1 is 1.39 bits per heavy atom. The summed E-state index contributed by atoms with van der Waals surface area (Å²) in [5, 5.41) is 4.47. The van der Waals surface area contributed by atoms with Crippen LogP contribution >= 0.6 is 11.3 Å². The number of aromatic nitrogens is 1. The van der Waals surface area contributed by atoms with Crippen molar-refractivity contribution in [3.05, 3.63) is 10.6 Å². The van der Waals surface area contributed by atoms with E-state index in [4.69, 9.17) is 4.98 Å². The molecule has 1 N–H and O–H groups in total. The summed E-state index contributed by atoms with van der Waals surface area (Å²) in [5.41, 5.74) is 1.27. The maximum absolute atomic E-state index is 4.83. The number of thiazole rings is 1. The van der Waals surface area contributed by atoms with Gasteiger partial charge in [0.25, 0.3) is 0 Å². The van der Waals surface area contributed by atoms with Gasteiger partial charge in [0.05, 0.1) is 5.69 Å². The van der Waals surface area contributed by atoms with Crippen LogP contribution in [-0.4, -0.2) is 25.1 Å². The second-order valence-corrected chi connectivity index (χ2v) is 6.50. The standard InChI is InChI=1S/C14H25N3S/c1-5-12-13(8-15-4)18-14(16-12)17-7-6-10(2)11(3)9-17/h10-11,15H,5-9H2,1-4H3. The molecule has 1 aromatic rings. The van der Waals surface area contributed by atoms with Crippen molar-refractivity contribution in [1.29, 1.82) is 0 Å². The number of aryl methyl sites for hydroxylation is 1. The Kier molecular flexibility index (Phi) is 4.62. The van der Waals surface area contributed by atoms with Crippen molar-refractivity contribution in [1.82, 2.24) is 10.3 Å². The molecule has 1 fully saturated rings. The lowest BCUT2D eigenvalue weighted by Crippen LogP contribution is -2.38. The molecule has 1 aliphatic rings. The van der Waals surface area contributed by atoms with Crippen molar-refractivity contribution >= 4 is 16.5 Å². The van der Waals surface area contributed by atoms with E-state index in [-0.39, 0.29) is 0 Å². The van der Waals surface area contributed by atoms with E-state index in [9.17, 15) is 0 Å². The van der Waals surface area contributed by atoms with Crippen LogP contribution in [0.5, 0.6) is 0 Å². The minimum atomic E-state index is 0.778. The molecule has 0 spiro atoms. The third kappa shape index (κ3) is 2.86. The third-order valence-electron chi connectivity index (χ3n) is 4.04.